The Labute approximate surface area is 277 Å². The van der Waals surface area contributed by atoms with Gasteiger partial charge in [0.25, 0.3) is 16.6 Å². The molecule has 0 atom stereocenters. The maximum atomic E-state index is 13.9. The van der Waals surface area contributed by atoms with Crippen molar-refractivity contribution in [2.45, 2.75) is 77.8 Å². The van der Waals surface area contributed by atoms with Crippen LogP contribution in [0.15, 0.2) is 51.7 Å². The van der Waals surface area contributed by atoms with Gasteiger partial charge in [0, 0.05) is 22.2 Å². The number of fused-ring (bicyclic) bond motifs is 2. The summed E-state index contributed by atoms with van der Waals surface area (Å²) in [5.74, 6) is 0.800. The number of hydrogen-bond acceptors (Lipinski definition) is 6. The molecular formula is C32H39I2NO5Si2. The Morgan fingerprint density at radius 2 is 1.43 bits per heavy atom. The van der Waals surface area contributed by atoms with E-state index in [2.05, 4.69) is 77.2 Å². The summed E-state index contributed by atoms with van der Waals surface area (Å²) in [5, 5.41) is 0.647. The van der Waals surface area contributed by atoms with E-state index in [4.69, 9.17) is 19.0 Å². The molecule has 1 heterocycles. The van der Waals surface area contributed by atoms with E-state index in [9.17, 15) is 9.59 Å². The van der Waals surface area contributed by atoms with Crippen LogP contribution in [0.3, 0.4) is 0 Å². The summed E-state index contributed by atoms with van der Waals surface area (Å²) in [4.78, 5) is 26.6. The third kappa shape index (κ3) is 6.05. The summed E-state index contributed by atoms with van der Waals surface area (Å²) in [6.45, 7) is 21.4. The zero-order chi connectivity index (χ0) is 31.6. The first-order valence-electron chi connectivity index (χ1n) is 13.9. The molecule has 2 aliphatic rings. The van der Waals surface area contributed by atoms with Crippen molar-refractivity contribution in [3.05, 3.63) is 65.4 Å². The molecule has 0 aromatic heterocycles. The molecule has 2 aromatic rings. The molecule has 0 spiro atoms. The van der Waals surface area contributed by atoms with Crippen LogP contribution in [-0.4, -0.2) is 22.6 Å². The van der Waals surface area contributed by atoms with Crippen LogP contribution in [0.1, 0.15) is 51.9 Å². The molecule has 1 aliphatic heterocycles. The number of halogens is 2. The Bertz CT molecular complexity index is 1730. The maximum Gasteiger partial charge on any atom is 0.325 e. The third-order valence-corrected chi connectivity index (χ3v) is 19.4. The first-order valence-corrected chi connectivity index (χ1v) is 21.8. The zero-order valence-corrected chi connectivity index (χ0v) is 32.2. The van der Waals surface area contributed by atoms with Crippen molar-refractivity contribution in [2.24, 2.45) is 0 Å². The first-order chi connectivity index (χ1) is 19.2. The van der Waals surface area contributed by atoms with Gasteiger partial charge >= 0.3 is 5.97 Å². The highest BCUT2D eigenvalue weighted by Gasteiger charge is 2.42. The van der Waals surface area contributed by atoms with E-state index >= 15 is 0 Å². The van der Waals surface area contributed by atoms with E-state index in [-0.39, 0.29) is 15.5 Å². The summed E-state index contributed by atoms with van der Waals surface area (Å²) in [6, 6.07) is 12.6. The molecule has 0 unspecified atom stereocenters. The van der Waals surface area contributed by atoms with E-state index < -0.39 is 22.6 Å². The molecule has 0 saturated heterocycles. The number of rotatable bonds is 5. The van der Waals surface area contributed by atoms with Crippen molar-refractivity contribution in [3.63, 3.8) is 0 Å². The highest BCUT2D eigenvalue weighted by molar-refractivity contribution is 14.1. The molecule has 42 heavy (non-hydrogen) atoms. The van der Waals surface area contributed by atoms with Crippen LogP contribution < -0.4 is 15.6 Å². The largest absolute Gasteiger partial charge is 0.543 e. The van der Waals surface area contributed by atoms with Crippen LogP contribution in [0, 0.1) is 7.14 Å². The average molecular weight is 828 g/mol. The average Bonchev–Trinajstić information content (AvgIpc) is 2.85. The fourth-order valence-corrected chi connectivity index (χ4v) is 7.49. The summed E-state index contributed by atoms with van der Waals surface area (Å²) in [5.41, 5.74) is 9.72. The molecule has 0 radical (unpaired) electrons. The van der Waals surface area contributed by atoms with Crippen molar-refractivity contribution < 1.29 is 18.1 Å². The Morgan fingerprint density at radius 1 is 0.833 bits per heavy atom. The van der Waals surface area contributed by atoms with Crippen LogP contribution in [-0.2, 0) is 4.43 Å². The lowest BCUT2D eigenvalue weighted by Crippen LogP contribution is -2.44. The minimum Gasteiger partial charge on any atom is -0.543 e. The van der Waals surface area contributed by atoms with E-state index in [0.717, 1.165) is 25.8 Å². The van der Waals surface area contributed by atoms with Crippen molar-refractivity contribution in [3.8, 4) is 28.2 Å². The fraction of sp³-hybridized carbons (Fsp3) is 0.375. The predicted molar refractivity (Wildman–Crippen MR) is 195 cm³/mol. The quantitative estimate of drug-likeness (QED) is 0.0933. The SMILES string of the molecule is CC(C)(C)[Si](C)(C)OC(=O)c1cc(N)ccc1-c1c2ccc(=O)c(I)c-2oc2c(I)c(O[Si](C)(C)C(C)(C)C)ccc12. The molecule has 0 fully saturated rings. The molecule has 4 rings (SSSR count). The van der Waals surface area contributed by atoms with Gasteiger partial charge in [0.05, 0.1) is 9.13 Å². The lowest BCUT2D eigenvalue weighted by Gasteiger charge is -2.36. The van der Waals surface area contributed by atoms with Crippen LogP contribution in [0.25, 0.3) is 33.4 Å². The summed E-state index contributed by atoms with van der Waals surface area (Å²) < 4.78 is 20.8. The second-order valence-corrected chi connectivity index (χ2v) is 25.4. The van der Waals surface area contributed by atoms with Crippen molar-refractivity contribution >= 4 is 84.4 Å². The molecule has 224 valence electrons. The summed E-state index contributed by atoms with van der Waals surface area (Å²) in [6.07, 6.45) is 0. The molecule has 0 saturated carbocycles. The standard InChI is InChI=1S/C32H39I2NO5Si2/c1-31(2,3)41(7,8)39-24-16-14-21-25(20-13-15-23(36)26(33)28(20)38-29(21)27(24)34)19-12-11-18(35)17-22(19)30(37)40-42(9,10)32(4,5)6/h11-17H,35H2,1-10H3. The van der Waals surface area contributed by atoms with Gasteiger partial charge in [0.2, 0.25) is 0 Å². The number of carbonyl (C=O) groups is 1. The molecule has 2 aromatic carbocycles. The number of carbonyl (C=O) groups excluding carboxylic acids is 1. The second-order valence-electron chi connectivity index (χ2n) is 13.8. The number of benzene rings is 3. The Kier molecular flexibility index (Phi) is 8.82. The topological polar surface area (TPSA) is 91.8 Å². The van der Waals surface area contributed by atoms with Gasteiger partial charge in [0.15, 0.2) is 16.8 Å². The lowest BCUT2D eigenvalue weighted by molar-refractivity contribution is 0.0713. The van der Waals surface area contributed by atoms with Crippen LogP contribution in [0.5, 0.6) is 5.75 Å². The van der Waals surface area contributed by atoms with Gasteiger partial charge < -0.3 is 19.0 Å². The molecule has 0 amide bonds. The molecule has 2 N–H and O–H groups in total. The predicted octanol–water partition coefficient (Wildman–Crippen LogP) is 9.90. The normalized spacial score (nSPS) is 13.0. The van der Waals surface area contributed by atoms with Gasteiger partial charge in [-0.2, -0.15) is 0 Å². The number of anilines is 1. The van der Waals surface area contributed by atoms with E-state index in [1.54, 1.807) is 24.3 Å². The minimum atomic E-state index is -2.44. The Morgan fingerprint density at radius 3 is 2.02 bits per heavy atom. The van der Waals surface area contributed by atoms with Crippen LogP contribution in [0.4, 0.5) is 5.69 Å². The summed E-state index contributed by atoms with van der Waals surface area (Å²) in [7, 11) is -4.59. The number of hydrogen-bond donors (Lipinski definition) is 1. The third-order valence-electron chi connectivity index (χ3n) is 8.72. The Balaban J connectivity index is 2.06. The van der Waals surface area contributed by atoms with Gasteiger partial charge in [-0.25, -0.2) is 4.79 Å². The fourth-order valence-electron chi connectivity index (χ4n) is 4.10. The smallest absolute Gasteiger partial charge is 0.325 e. The Hall–Kier alpha value is -1.91. The maximum absolute atomic E-state index is 13.9. The van der Waals surface area contributed by atoms with Crippen LogP contribution in [0.2, 0.25) is 36.3 Å². The van der Waals surface area contributed by atoms with Gasteiger partial charge in [-0.1, -0.05) is 47.6 Å². The monoisotopic (exact) mass is 827 g/mol. The van der Waals surface area contributed by atoms with E-state index in [1.807, 2.05) is 53.9 Å². The highest BCUT2D eigenvalue weighted by Crippen LogP contribution is 2.47. The van der Waals surface area contributed by atoms with Gasteiger partial charge in [-0.3, -0.25) is 4.79 Å². The number of nitrogen functional groups attached to an aromatic ring is 1. The number of nitrogens with two attached hydrogens (primary N) is 1. The van der Waals surface area contributed by atoms with Crippen molar-refractivity contribution in [2.75, 3.05) is 5.73 Å². The van der Waals surface area contributed by atoms with E-state index in [0.29, 0.717) is 31.7 Å². The van der Waals surface area contributed by atoms with E-state index in [1.165, 1.54) is 0 Å². The first kappa shape index (κ1) is 33.0. The second kappa shape index (κ2) is 11.2. The zero-order valence-electron chi connectivity index (χ0n) is 25.9. The van der Waals surface area contributed by atoms with Gasteiger partial charge in [-0.05, 0) is 123 Å². The van der Waals surface area contributed by atoms with Gasteiger partial charge in [0.1, 0.15) is 9.32 Å². The van der Waals surface area contributed by atoms with Gasteiger partial charge in [-0.15, -0.1) is 0 Å². The molecular weight excluding hydrogens is 788 g/mol. The molecule has 6 nitrogen and oxygen atoms in total. The molecule has 0 bridgehead atoms. The molecule has 1 aliphatic carbocycles. The van der Waals surface area contributed by atoms with Crippen LogP contribution >= 0.6 is 45.2 Å². The van der Waals surface area contributed by atoms with Crippen molar-refractivity contribution in [1.29, 1.82) is 0 Å². The lowest BCUT2D eigenvalue weighted by atomic mass is 9.90. The molecule has 10 heteroatoms. The van der Waals surface area contributed by atoms with Crippen molar-refractivity contribution in [1.82, 2.24) is 0 Å². The highest BCUT2D eigenvalue weighted by atomic mass is 127. The minimum absolute atomic E-state index is 0.00689. The summed E-state index contributed by atoms with van der Waals surface area (Å²) >= 11 is 4.31.